The van der Waals surface area contributed by atoms with Crippen molar-refractivity contribution in [3.8, 4) is 22.7 Å². The summed E-state index contributed by atoms with van der Waals surface area (Å²) in [4.78, 5) is 12.1. The Balaban J connectivity index is 1.66. The fourth-order valence-corrected chi connectivity index (χ4v) is 4.50. The molecule has 0 bridgehead atoms. The lowest BCUT2D eigenvalue weighted by Crippen LogP contribution is -2.16. The Labute approximate surface area is 216 Å². The highest BCUT2D eigenvalue weighted by molar-refractivity contribution is 7.98. The van der Waals surface area contributed by atoms with Crippen LogP contribution in [0.15, 0.2) is 60.0 Å². The van der Waals surface area contributed by atoms with Gasteiger partial charge in [-0.3, -0.25) is 4.98 Å². The van der Waals surface area contributed by atoms with Crippen LogP contribution in [0.3, 0.4) is 0 Å². The summed E-state index contributed by atoms with van der Waals surface area (Å²) in [5, 5.41) is 13.3. The molecule has 37 heavy (non-hydrogen) atoms. The molecule has 1 N–H and O–H groups in total. The number of halogens is 2. The normalized spacial score (nSPS) is 11.8. The van der Waals surface area contributed by atoms with Crippen molar-refractivity contribution in [1.82, 2.24) is 34.3 Å². The molecular weight excluding hydrogens is 498 g/mol. The maximum Gasteiger partial charge on any atom is 0.387 e. The van der Waals surface area contributed by atoms with E-state index < -0.39 is 6.61 Å². The van der Waals surface area contributed by atoms with Gasteiger partial charge in [0.1, 0.15) is 5.69 Å². The van der Waals surface area contributed by atoms with E-state index in [1.165, 1.54) is 11.8 Å². The quantitative estimate of drug-likeness (QED) is 0.206. The third kappa shape index (κ3) is 5.20. The highest BCUT2D eigenvalue weighted by Crippen LogP contribution is 2.35. The highest BCUT2D eigenvalue weighted by Gasteiger charge is 2.20. The van der Waals surface area contributed by atoms with Crippen molar-refractivity contribution in [3.63, 3.8) is 0 Å². The van der Waals surface area contributed by atoms with Crippen molar-refractivity contribution < 1.29 is 13.5 Å². The number of rotatable bonds is 10. The topological polar surface area (TPSA) is 85.4 Å². The molecule has 5 aromatic rings. The van der Waals surface area contributed by atoms with Crippen LogP contribution in [0.25, 0.3) is 33.5 Å². The molecule has 1 aromatic carbocycles. The van der Waals surface area contributed by atoms with Gasteiger partial charge in [0.2, 0.25) is 0 Å². The predicted molar refractivity (Wildman–Crippen MR) is 141 cm³/mol. The number of alkyl halides is 2. The Bertz CT molecular complexity index is 1530. The monoisotopic (exact) mass is 524 g/mol. The number of aromatic nitrogens is 6. The Morgan fingerprint density at radius 1 is 1.16 bits per heavy atom. The SMILES string of the molecule is CSc1ccc(OC(F)F)c(-n2nc(NCCCN(C)C)c3cnc(-c4cnn5cccnc45)cc32)c1. The van der Waals surface area contributed by atoms with E-state index in [1.807, 2.05) is 32.6 Å². The maximum absolute atomic E-state index is 13.3. The Kier molecular flexibility index (Phi) is 7.19. The molecule has 192 valence electrons. The molecule has 4 heterocycles. The van der Waals surface area contributed by atoms with Gasteiger partial charge in [-0.15, -0.1) is 16.9 Å². The second kappa shape index (κ2) is 10.7. The second-order valence-corrected chi connectivity index (χ2v) is 9.47. The molecule has 0 amide bonds. The van der Waals surface area contributed by atoms with Crippen LogP contribution >= 0.6 is 11.8 Å². The average Bonchev–Trinajstić information content (AvgIpc) is 3.48. The third-order valence-corrected chi connectivity index (χ3v) is 6.53. The van der Waals surface area contributed by atoms with Gasteiger partial charge in [0.05, 0.1) is 28.4 Å². The molecule has 0 radical (unpaired) electrons. The van der Waals surface area contributed by atoms with Gasteiger partial charge in [-0.05, 0) is 63.6 Å². The number of fused-ring (bicyclic) bond motifs is 2. The van der Waals surface area contributed by atoms with Gasteiger partial charge < -0.3 is 15.0 Å². The fourth-order valence-electron chi connectivity index (χ4n) is 4.07. The molecule has 5 rings (SSSR count). The molecule has 0 aliphatic rings. The van der Waals surface area contributed by atoms with Crippen LogP contribution in [0.1, 0.15) is 6.42 Å². The van der Waals surface area contributed by atoms with Crippen molar-refractivity contribution in [1.29, 1.82) is 0 Å². The summed E-state index contributed by atoms with van der Waals surface area (Å²) in [6.45, 7) is -1.36. The zero-order valence-electron chi connectivity index (χ0n) is 20.6. The number of hydrogen-bond donors (Lipinski definition) is 1. The number of pyridine rings is 1. The van der Waals surface area contributed by atoms with Crippen LogP contribution in [0.2, 0.25) is 0 Å². The minimum Gasteiger partial charge on any atom is -0.433 e. The van der Waals surface area contributed by atoms with E-state index in [0.717, 1.165) is 28.8 Å². The van der Waals surface area contributed by atoms with Crippen molar-refractivity contribution >= 4 is 34.1 Å². The first-order chi connectivity index (χ1) is 17.9. The molecular formula is C25H26F2N8OS. The highest BCUT2D eigenvalue weighted by atomic mass is 32.2. The number of hydrogen-bond acceptors (Lipinski definition) is 8. The lowest BCUT2D eigenvalue weighted by Gasteiger charge is -2.13. The van der Waals surface area contributed by atoms with Gasteiger partial charge in [-0.25, -0.2) is 14.2 Å². The van der Waals surface area contributed by atoms with E-state index in [2.05, 4.69) is 25.3 Å². The summed E-state index contributed by atoms with van der Waals surface area (Å²) in [7, 11) is 4.04. The number of ether oxygens (including phenoxy) is 1. The van der Waals surface area contributed by atoms with E-state index in [4.69, 9.17) is 9.84 Å². The van der Waals surface area contributed by atoms with Gasteiger partial charge >= 0.3 is 6.61 Å². The number of benzene rings is 1. The van der Waals surface area contributed by atoms with Crippen molar-refractivity contribution in [3.05, 3.63) is 55.1 Å². The zero-order chi connectivity index (χ0) is 25.9. The summed E-state index contributed by atoms with van der Waals surface area (Å²) in [6.07, 6.45) is 9.78. The van der Waals surface area contributed by atoms with Crippen LogP contribution in [-0.2, 0) is 0 Å². The molecule has 0 aliphatic carbocycles. The van der Waals surface area contributed by atoms with Crippen molar-refractivity contribution in [2.24, 2.45) is 0 Å². The average molecular weight is 525 g/mol. The lowest BCUT2D eigenvalue weighted by atomic mass is 10.2. The molecule has 0 spiro atoms. The number of thioether (sulfide) groups is 1. The molecule has 0 unspecified atom stereocenters. The van der Waals surface area contributed by atoms with Gasteiger partial charge in [0.25, 0.3) is 0 Å². The molecule has 0 atom stereocenters. The van der Waals surface area contributed by atoms with Crippen molar-refractivity contribution in [2.75, 3.05) is 38.8 Å². The standard InChI is InChI=1S/C25H26F2N8OS/c1-33(2)10-4-8-28-23-18-14-30-19(17-15-31-34-11-5-9-29-24(17)34)13-20(18)35(32-23)21-12-16(37-3)6-7-22(21)36-25(26)27/h5-7,9,11-15,25H,4,8,10H2,1-3H3,(H,28,32). The van der Waals surface area contributed by atoms with Gasteiger partial charge in [0, 0.05) is 30.0 Å². The number of nitrogens with one attached hydrogen (secondary N) is 1. The molecule has 4 aromatic heterocycles. The first kappa shape index (κ1) is 24.9. The Morgan fingerprint density at radius 2 is 2.03 bits per heavy atom. The Hall–Kier alpha value is -3.77. The van der Waals surface area contributed by atoms with Gasteiger partial charge in [-0.1, -0.05) is 0 Å². The van der Waals surface area contributed by atoms with Crippen LogP contribution in [0.4, 0.5) is 14.6 Å². The molecule has 12 heteroatoms. The van der Waals surface area contributed by atoms with Gasteiger partial charge in [-0.2, -0.15) is 13.9 Å². The van der Waals surface area contributed by atoms with Crippen LogP contribution < -0.4 is 10.1 Å². The largest absolute Gasteiger partial charge is 0.433 e. The first-order valence-electron chi connectivity index (χ1n) is 11.6. The molecule has 0 saturated heterocycles. The summed E-state index contributed by atoms with van der Waals surface area (Å²) in [5.41, 5.74) is 3.14. The van der Waals surface area contributed by atoms with Crippen LogP contribution in [0, 0.1) is 0 Å². The fraction of sp³-hybridized carbons (Fsp3) is 0.280. The van der Waals surface area contributed by atoms with Gasteiger partial charge in [0.15, 0.2) is 17.2 Å². The second-order valence-electron chi connectivity index (χ2n) is 8.59. The maximum atomic E-state index is 13.3. The van der Waals surface area contributed by atoms with Crippen LogP contribution in [0.5, 0.6) is 5.75 Å². The van der Waals surface area contributed by atoms with E-state index in [1.54, 1.807) is 52.1 Å². The number of nitrogens with zero attached hydrogens (tertiary/aromatic N) is 7. The van der Waals surface area contributed by atoms with E-state index >= 15 is 0 Å². The minimum absolute atomic E-state index is 0.0346. The minimum atomic E-state index is -2.97. The van der Waals surface area contributed by atoms with E-state index in [0.29, 0.717) is 34.9 Å². The summed E-state index contributed by atoms with van der Waals surface area (Å²) >= 11 is 1.50. The summed E-state index contributed by atoms with van der Waals surface area (Å²) in [5.74, 6) is 0.649. The molecule has 0 saturated carbocycles. The van der Waals surface area contributed by atoms with E-state index in [-0.39, 0.29) is 5.75 Å². The summed E-state index contributed by atoms with van der Waals surface area (Å²) in [6, 6.07) is 8.75. The first-order valence-corrected chi connectivity index (χ1v) is 12.9. The molecule has 0 aliphatic heterocycles. The molecule has 9 nitrogen and oxygen atoms in total. The lowest BCUT2D eigenvalue weighted by molar-refractivity contribution is -0.0499. The zero-order valence-corrected chi connectivity index (χ0v) is 21.4. The Morgan fingerprint density at radius 3 is 2.81 bits per heavy atom. The number of anilines is 1. The molecule has 0 fully saturated rings. The van der Waals surface area contributed by atoms with Crippen molar-refractivity contribution in [2.45, 2.75) is 17.9 Å². The predicted octanol–water partition coefficient (Wildman–Crippen LogP) is 4.82. The van der Waals surface area contributed by atoms with E-state index in [9.17, 15) is 8.78 Å². The van der Waals surface area contributed by atoms with Crippen LogP contribution in [-0.4, -0.2) is 74.3 Å². The summed E-state index contributed by atoms with van der Waals surface area (Å²) < 4.78 is 34.8. The smallest absolute Gasteiger partial charge is 0.387 e. The third-order valence-electron chi connectivity index (χ3n) is 5.81.